The SMILES string of the molecule is O=C(Nc1ccc(CN2CCCCC2)cc1)C1CCN(c2ncnc3c2nc2n3CCCCC2)CC1. The maximum Gasteiger partial charge on any atom is 0.227 e. The monoisotopic (exact) mass is 487 g/mol. The predicted octanol–water partition coefficient (Wildman–Crippen LogP) is 4.39. The van der Waals surface area contributed by atoms with Crippen LogP contribution in [0.25, 0.3) is 11.2 Å². The summed E-state index contributed by atoms with van der Waals surface area (Å²) in [4.78, 5) is 32.0. The molecule has 0 bridgehead atoms. The first-order valence-corrected chi connectivity index (χ1v) is 13.8. The summed E-state index contributed by atoms with van der Waals surface area (Å²) in [6.45, 7) is 6.00. The summed E-state index contributed by atoms with van der Waals surface area (Å²) in [5, 5.41) is 3.15. The Morgan fingerprint density at radius 2 is 1.64 bits per heavy atom. The zero-order valence-electron chi connectivity index (χ0n) is 21.2. The molecule has 8 nitrogen and oxygen atoms in total. The zero-order valence-corrected chi connectivity index (χ0v) is 21.2. The quantitative estimate of drug-likeness (QED) is 0.575. The smallest absolute Gasteiger partial charge is 0.227 e. The van der Waals surface area contributed by atoms with Gasteiger partial charge in [0.1, 0.15) is 12.2 Å². The van der Waals surface area contributed by atoms with Crippen molar-refractivity contribution in [3.8, 4) is 0 Å². The normalized spacial score (nSPS) is 19.7. The number of rotatable bonds is 5. The fraction of sp³-hybridized carbons (Fsp3) is 0.571. The van der Waals surface area contributed by atoms with E-state index in [1.807, 2.05) is 12.1 Å². The van der Waals surface area contributed by atoms with Gasteiger partial charge in [0.2, 0.25) is 5.91 Å². The Kier molecular flexibility index (Phi) is 6.86. The minimum Gasteiger partial charge on any atom is -0.355 e. The second kappa shape index (κ2) is 10.5. The number of carbonyl (C=O) groups excluding carboxylic acids is 1. The van der Waals surface area contributed by atoms with Gasteiger partial charge in [-0.25, -0.2) is 15.0 Å². The van der Waals surface area contributed by atoms with Crippen LogP contribution in [0.15, 0.2) is 30.6 Å². The second-order valence-corrected chi connectivity index (χ2v) is 10.6. The van der Waals surface area contributed by atoms with E-state index in [0.717, 1.165) is 73.9 Å². The van der Waals surface area contributed by atoms with Crippen LogP contribution < -0.4 is 10.2 Å². The van der Waals surface area contributed by atoms with E-state index in [4.69, 9.17) is 4.98 Å². The van der Waals surface area contributed by atoms with Gasteiger partial charge in [0.25, 0.3) is 0 Å². The van der Waals surface area contributed by atoms with Gasteiger partial charge in [0.15, 0.2) is 17.0 Å². The first-order chi connectivity index (χ1) is 17.7. The Labute approximate surface area is 213 Å². The highest BCUT2D eigenvalue weighted by Gasteiger charge is 2.28. The third-order valence-corrected chi connectivity index (χ3v) is 8.12. The van der Waals surface area contributed by atoms with Gasteiger partial charge in [-0.3, -0.25) is 9.69 Å². The van der Waals surface area contributed by atoms with Crippen LogP contribution in [-0.2, 0) is 24.3 Å². The van der Waals surface area contributed by atoms with E-state index in [1.165, 1.54) is 57.2 Å². The molecule has 0 unspecified atom stereocenters. The summed E-state index contributed by atoms with van der Waals surface area (Å²) in [5.74, 6) is 2.20. The third kappa shape index (κ3) is 4.96. The number of fused-ring (bicyclic) bond motifs is 3. The minimum absolute atomic E-state index is 0.0188. The molecule has 3 aliphatic heterocycles. The number of hydrogen-bond acceptors (Lipinski definition) is 6. The molecule has 3 aliphatic rings. The number of aryl methyl sites for hydroxylation is 2. The Bertz CT molecular complexity index is 1190. The van der Waals surface area contributed by atoms with Crippen molar-refractivity contribution in [2.45, 2.75) is 70.9 Å². The molecular formula is C28H37N7O. The van der Waals surface area contributed by atoms with Crippen LogP contribution in [0.3, 0.4) is 0 Å². The molecule has 1 N–H and O–H groups in total. The third-order valence-electron chi connectivity index (χ3n) is 8.12. The molecule has 2 fully saturated rings. The van der Waals surface area contributed by atoms with Gasteiger partial charge in [-0.2, -0.15) is 0 Å². The molecule has 190 valence electrons. The number of likely N-dealkylation sites (tertiary alicyclic amines) is 1. The highest BCUT2D eigenvalue weighted by molar-refractivity contribution is 5.93. The average molecular weight is 488 g/mol. The van der Waals surface area contributed by atoms with Crippen LogP contribution in [0, 0.1) is 5.92 Å². The van der Waals surface area contributed by atoms with Gasteiger partial charge in [-0.1, -0.05) is 25.0 Å². The Morgan fingerprint density at radius 3 is 2.44 bits per heavy atom. The molecule has 3 aromatic rings. The van der Waals surface area contributed by atoms with E-state index in [0.29, 0.717) is 0 Å². The first kappa shape index (κ1) is 23.4. The molecule has 0 spiro atoms. The molecule has 0 atom stereocenters. The number of benzene rings is 1. The van der Waals surface area contributed by atoms with E-state index >= 15 is 0 Å². The summed E-state index contributed by atoms with van der Waals surface area (Å²) < 4.78 is 2.28. The van der Waals surface area contributed by atoms with E-state index in [-0.39, 0.29) is 11.8 Å². The van der Waals surface area contributed by atoms with Crippen molar-refractivity contribution in [1.82, 2.24) is 24.4 Å². The van der Waals surface area contributed by atoms with Gasteiger partial charge >= 0.3 is 0 Å². The number of amides is 1. The van der Waals surface area contributed by atoms with E-state index < -0.39 is 0 Å². The number of aromatic nitrogens is 4. The highest BCUT2D eigenvalue weighted by atomic mass is 16.1. The standard InChI is InChI=1S/C28H37N7O/c36-28(31-23-10-8-21(9-11-23)19-33-14-4-2-5-15-33)22-12-17-34(18-13-22)26-25-27(30-20-29-26)35-16-6-1-3-7-24(35)32-25/h8-11,20,22H,1-7,12-19H2,(H,31,36). The van der Waals surface area contributed by atoms with E-state index in [9.17, 15) is 4.79 Å². The lowest BCUT2D eigenvalue weighted by atomic mass is 9.95. The molecule has 36 heavy (non-hydrogen) atoms. The summed E-state index contributed by atoms with van der Waals surface area (Å²) in [7, 11) is 0. The summed E-state index contributed by atoms with van der Waals surface area (Å²) in [6.07, 6.45) is 11.9. The lowest BCUT2D eigenvalue weighted by Gasteiger charge is -2.32. The van der Waals surface area contributed by atoms with Crippen molar-refractivity contribution >= 4 is 28.6 Å². The van der Waals surface area contributed by atoms with Crippen LogP contribution in [0.4, 0.5) is 11.5 Å². The maximum atomic E-state index is 13.0. The van der Waals surface area contributed by atoms with Crippen molar-refractivity contribution < 1.29 is 4.79 Å². The topological polar surface area (TPSA) is 79.2 Å². The molecule has 5 heterocycles. The average Bonchev–Trinajstić information content (AvgIpc) is 3.11. The number of imidazole rings is 1. The van der Waals surface area contributed by atoms with Crippen LogP contribution in [-0.4, -0.2) is 56.5 Å². The number of hydrogen-bond donors (Lipinski definition) is 1. The number of carbonyl (C=O) groups is 1. The Hall–Kier alpha value is -3.00. The van der Waals surface area contributed by atoms with Crippen molar-refractivity contribution in [3.05, 3.63) is 42.0 Å². The van der Waals surface area contributed by atoms with Crippen molar-refractivity contribution in [1.29, 1.82) is 0 Å². The molecule has 8 heteroatoms. The zero-order chi connectivity index (χ0) is 24.3. The lowest BCUT2D eigenvalue weighted by Crippen LogP contribution is -2.38. The maximum absolute atomic E-state index is 13.0. The highest BCUT2D eigenvalue weighted by Crippen LogP contribution is 2.30. The molecule has 2 saturated heterocycles. The van der Waals surface area contributed by atoms with Crippen LogP contribution >= 0.6 is 0 Å². The van der Waals surface area contributed by atoms with Crippen LogP contribution in [0.2, 0.25) is 0 Å². The van der Waals surface area contributed by atoms with Gasteiger partial charge in [0.05, 0.1) is 0 Å². The van der Waals surface area contributed by atoms with Crippen molar-refractivity contribution in [2.24, 2.45) is 5.92 Å². The second-order valence-electron chi connectivity index (χ2n) is 10.6. The fourth-order valence-corrected chi connectivity index (χ4v) is 6.02. The van der Waals surface area contributed by atoms with Crippen LogP contribution in [0.5, 0.6) is 0 Å². The number of piperidine rings is 2. The number of anilines is 2. The molecule has 0 radical (unpaired) electrons. The Morgan fingerprint density at radius 1 is 0.889 bits per heavy atom. The first-order valence-electron chi connectivity index (χ1n) is 13.8. The molecule has 0 aliphatic carbocycles. The molecular weight excluding hydrogens is 450 g/mol. The van der Waals surface area contributed by atoms with Crippen molar-refractivity contribution in [2.75, 3.05) is 36.4 Å². The van der Waals surface area contributed by atoms with E-state index in [2.05, 4.69) is 41.8 Å². The van der Waals surface area contributed by atoms with Gasteiger partial charge in [-0.15, -0.1) is 0 Å². The molecule has 6 rings (SSSR count). The van der Waals surface area contributed by atoms with Crippen molar-refractivity contribution in [3.63, 3.8) is 0 Å². The van der Waals surface area contributed by atoms with Gasteiger partial charge in [0, 0.05) is 44.2 Å². The molecule has 0 saturated carbocycles. The summed E-state index contributed by atoms with van der Waals surface area (Å²) >= 11 is 0. The number of nitrogens with one attached hydrogen (secondary N) is 1. The largest absolute Gasteiger partial charge is 0.355 e. The van der Waals surface area contributed by atoms with Crippen LogP contribution in [0.1, 0.15) is 62.8 Å². The predicted molar refractivity (Wildman–Crippen MR) is 142 cm³/mol. The minimum atomic E-state index is 0.0188. The van der Waals surface area contributed by atoms with Gasteiger partial charge in [-0.05, 0) is 69.3 Å². The Balaban J connectivity index is 1.06. The molecule has 1 amide bonds. The molecule has 2 aromatic heterocycles. The fourth-order valence-electron chi connectivity index (χ4n) is 6.02. The lowest BCUT2D eigenvalue weighted by molar-refractivity contribution is -0.120. The summed E-state index contributed by atoms with van der Waals surface area (Å²) in [5.41, 5.74) is 4.08. The van der Waals surface area contributed by atoms with Gasteiger partial charge < -0.3 is 14.8 Å². The number of nitrogens with zero attached hydrogens (tertiary/aromatic N) is 6. The van der Waals surface area contributed by atoms with E-state index in [1.54, 1.807) is 6.33 Å². The summed E-state index contributed by atoms with van der Waals surface area (Å²) in [6, 6.07) is 8.40. The molecule has 1 aromatic carbocycles.